The van der Waals surface area contributed by atoms with Gasteiger partial charge in [-0.3, -0.25) is 0 Å². The number of methoxy groups -OCH3 is 1. The second kappa shape index (κ2) is 12.2. The fraction of sp³-hybridized carbons (Fsp3) is 0.292. The summed E-state index contributed by atoms with van der Waals surface area (Å²) in [4.78, 5) is 35.2. The van der Waals surface area contributed by atoms with Gasteiger partial charge in [0, 0.05) is 11.1 Å². The van der Waals surface area contributed by atoms with Crippen molar-refractivity contribution < 1.29 is 33.3 Å². The van der Waals surface area contributed by atoms with Gasteiger partial charge in [-0.2, -0.15) is 0 Å². The van der Waals surface area contributed by atoms with Crippen LogP contribution in [0, 0.1) is 0 Å². The molecule has 1 aromatic carbocycles. The zero-order valence-electron chi connectivity index (χ0n) is 18.6. The van der Waals surface area contributed by atoms with Crippen LogP contribution < -0.4 is 4.74 Å². The van der Waals surface area contributed by atoms with Crippen molar-refractivity contribution in [3.05, 3.63) is 71.5 Å². The van der Waals surface area contributed by atoms with Crippen molar-refractivity contribution in [3.63, 3.8) is 0 Å². The van der Waals surface area contributed by atoms with E-state index in [1.807, 2.05) is 6.92 Å². The van der Waals surface area contributed by atoms with Crippen LogP contribution in [0.15, 0.2) is 60.4 Å². The summed E-state index contributed by atoms with van der Waals surface area (Å²) in [5.74, 6) is -0.869. The van der Waals surface area contributed by atoms with Gasteiger partial charge in [0.25, 0.3) is 0 Å². The Morgan fingerprint density at radius 2 is 1.52 bits per heavy atom. The first-order chi connectivity index (χ1) is 14.6. The molecule has 0 saturated carbocycles. The fourth-order valence-electron chi connectivity index (χ4n) is 2.18. The van der Waals surface area contributed by atoms with Gasteiger partial charge in [-0.05, 0) is 57.0 Å². The molecule has 0 aliphatic heterocycles. The Morgan fingerprint density at radius 1 is 0.903 bits per heavy atom. The normalized spacial score (nSPS) is 11.4. The molecular formula is C24H28O7. The Morgan fingerprint density at radius 3 is 2.10 bits per heavy atom. The van der Waals surface area contributed by atoms with Crippen molar-refractivity contribution in [2.24, 2.45) is 0 Å². The second-order valence-electron chi connectivity index (χ2n) is 6.76. The highest BCUT2D eigenvalue weighted by Crippen LogP contribution is 2.25. The quantitative estimate of drug-likeness (QED) is 0.136. The van der Waals surface area contributed by atoms with Crippen molar-refractivity contribution in [1.82, 2.24) is 0 Å². The third-order valence-corrected chi connectivity index (χ3v) is 3.95. The minimum atomic E-state index is -0.598. The van der Waals surface area contributed by atoms with E-state index in [1.54, 1.807) is 44.2 Å². The maximum Gasteiger partial charge on any atom is 0.342 e. The molecule has 0 aliphatic carbocycles. The van der Waals surface area contributed by atoms with Crippen molar-refractivity contribution in [1.29, 1.82) is 0 Å². The number of rotatable bonds is 10. The van der Waals surface area contributed by atoms with E-state index in [2.05, 4.69) is 13.2 Å². The van der Waals surface area contributed by atoms with E-state index >= 15 is 0 Å². The van der Waals surface area contributed by atoms with Gasteiger partial charge in [-0.15, -0.1) is 0 Å². The second-order valence-corrected chi connectivity index (χ2v) is 6.76. The Bertz CT molecular complexity index is 935. The molecule has 0 heterocycles. The molecule has 0 atom stereocenters. The molecule has 0 saturated heterocycles. The van der Waals surface area contributed by atoms with Crippen LogP contribution in [0.5, 0.6) is 5.75 Å². The Balaban J connectivity index is 2.84. The van der Waals surface area contributed by atoms with Crippen LogP contribution in [-0.2, 0) is 23.8 Å². The topological polar surface area (TPSA) is 88.1 Å². The SMILES string of the molecule is C=C(C)C(=O)OCCOC(=O)c1ccc(/C(C)=C/C=C(\C)OC(=O)C(=C)C)cc1OC. The van der Waals surface area contributed by atoms with Gasteiger partial charge in [0.1, 0.15) is 30.3 Å². The molecule has 0 radical (unpaired) electrons. The molecule has 1 rings (SSSR count). The van der Waals surface area contributed by atoms with Gasteiger partial charge < -0.3 is 18.9 Å². The van der Waals surface area contributed by atoms with Crippen LogP contribution in [0.3, 0.4) is 0 Å². The van der Waals surface area contributed by atoms with Crippen LogP contribution in [0.25, 0.3) is 5.57 Å². The number of hydrogen-bond acceptors (Lipinski definition) is 7. The smallest absolute Gasteiger partial charge is 0.342 e. The molecule has 1 aromatic rings. The molecule has 0 fully saturated rings. The summed E-state index contributed by atoms with van der Waals surface area (Å²) in [6, 6.07) is 5.03. The summed E-state index contributed by atoms with van der Waals surface area (Å²) in [7, 11) is 1.45. The van der Waals surface area contributed by atoms with Crippen LogP contribution >= 0.6 is 0 Å². The van der Waals surface area contributed by atoms with Gasteiger partial charge in [0.2, 0.25) is 0 Å². The monoisotopic (exact) mass is 428 g/mol. The maximum atomic E-state index is 12.3. The van der Waals surface area contributed by atoms with E-state index in [-0.39, 0.29) is 24.4 Å². The van der Waals surface area contributed by atoms with Crippen LogP contribution in [-0.4, -0.2) is 38.2 Å². The van der Waals surface area contributed by atoms with E-state index in [0.29, 0.717) is 17.1 Å². The minimum Gasteiger partial charge on any atom is -0.496 e. The lowest BCUT2D eigenvalue weighted by molar-refractivity contribution is -0.140. The average molecular weight is 428 g/mol. The number of carbonyl (C=O) groups excluding carboxylic acids is 3. The minimum absolute atomic E-state index is 0.0681. The third kappa shape index (κ3) is 8.34. The van der Waals surface area contributed by atoms with Gasteiger partial charge in [0.05, 0.1) is 7.11 Å². The summed E-state index contributed by atoms with van der Waals surface area (Å²) in [5, 5.41) is 0. The highest BCUT2D eigenvalue weighted by atomic mass is 16.6. The maximum absolute atomic E-state index is 12.3. The number of esters is 3. The first-order valence-electron chi connectivity index (χ1n) is 9.47. The molecule has 0 unspecified atom stereocenters. The van der Waals surface area contributed by atoms with E-state index < -0.39 is 17.9 Å². The number of ether oxygens (including phenoxy) is 4. The number of hydrogen-bond donors (Lipinski definition) is 0. The van der Waals surface area contributed by atoms with Crippen molar-refractivity contribution >= 4 is 23.5 Å². The summed E-state index contributed by atoms with van der Waals surface area (Å²) in [6.07, 6.45) is 3.45. The summed E-state index contributed by atoms with van der Waals surface area (Å²) in [6.45, 7) is 13.5. The Labute approximate surface area is 182 Å². The highest BCUT2D eigenvalue weighted by molar-refractivity contribution is 5.93. The lowest BCUT2D eigenvalue weighted by atomic mass is 10.0. The molecule has 7 heteroatoms. The Hall–Kier alpha value is -3.61. The Kier molecular flexibility index (Phi) is 9.98. The number of carbonyl (C=O) groups is 3. The largest absolute Gasteiger partial charge is 0.496 e. The van der Waals surface area contributed by atoms with E-state index in [1.165, 1.54) is 14.0 Å². The van der Waals surface area contributed by atoms with Crippen LogP contribution in [0.1, 0.15) is 43.6 Å². The van der Waals surface area contributed by atoms with Gasteiger partial charge in [-0.25, -0.2) is 14.4 Å². The third-order valence-electron chi connectivity index (χ3n) is 3.95. The molecule has 7 nitrogen and oxygen atoms in total. The number of allylic oxidation sites excluding steroid dienone is 4. The highest BCUT2D eigenvalue weighted by Gasteiger charge is 2.15. The summed E-state index contributed by atoms with van der Waals surface area (Å²) < 4.78 is 20.5. The molecule has 0 bridgehead atoms. The van der Waals surface area contributed by atoms with Crippen LogP contribution in [0.4, 0.5) is 0 Å². The van der Waals surface area contributed by atoms with Crippen molar-refractivity contribution in [2.75, 3.05) is 20.3 Å². The molecule has 166 valence electrons. The molecule has 0 N–H and O–H groups in total. The van der Waals surface area contributed by atoms with E-state index in [0.717, 1.165) is 11.1 Å². The van der Waals surface area contributed by atoms with Gasteiger partial charge in [0.15, 0.2) is 0 Å². The van der Waals surface area contributed by atoms with Crippen molar-refractivity contribution in [3.8, 4) is 5.75 Å². The van der Waals surface area contributed by atoms with E-state index in [4.69, 9.17) is 18.9 Å². The standard InChI is InChI=1S/C24H28O7/c1-15(2)22(25)29-12-13-30-24(27)20-11-10-19(14-21(20)28-7)17(5)8-9-18(6)31-23(26)16(3)4/h8-11,14H,1,3,12-13H2,2,4-7H3/b17-8+,18-9+. The molecule has 0 aromatic heterocycles. The molecule has 31 heavy (non-hydrogen) atoms. The van der Waals surface area contributed by atoms with Gasteiger partial charge >= 0.3 is 17.9 Å². The summed E-state index contributed by atoms with van der Waals surface area (Å²) >= 11 is 0. The summed E-state index contributed by atoms with van der Waals surface area (Å²) in [5.41, 5.74) is 2.49. The van der Waals surface area contributed by atoms with E-state index in [9.17, 15) is 14.4 Å². The zero-order valence-corrected chi connectivity index (χ0v) is 18.6. The fourth-order valence-corrected chi connectivity index (χ4v) is 2.18. The molecule has 0 aliphatic rings. The average Bonchev–Trinajstić information content (AvgIpc) is 2.73. The lowest BCUT2D eigenvalue weighted by Gasteiger charge is -2.11. The van der Waals surface area contributed by atoms with Crippen molar-refractivity contribution in [2.45, 2.75) is 27.7 Å². The first kappa shape index (κ1) is 25.4. The zero-order chi connectivity index (χ0) is 23.6. The van der Waals surface area contributed by atoms with Gasteiger partial charge in [-0.1, -0.05) is 25.3 Å². The predicted molar refractivity (Wildman–Crippen MR) is 117 cm³/mol. The lowest BCUT2D eigenvalue weighted by Crippen LogP contribution is -2.14. The number of benzene rings is 1. The molecular weight excluding hydrogens is 400 g/mol. The molecule has 0 spiro atoms. The molecule has 0 amide bonds. The first-order valence-corrected chi connectivity index (χ1v) is 9.47. The predicted octanol–water partition coefficient (Wildman–Crippen LogP) is 4.40. The van der Waals surface area contributed by atoms with Crippen LogP contribution in [0.2, 0.25) is 0 Å².